The molecule has 0 radical (unpaired) electrons. The maximum absolute atomic E-state index is 11.0. The van der Waals surface area contributed by atoms with Gasteiger partial charge in [-0.05, 0) is 13.5 Å². The number of rotatable bonds is 6. The van der Waals surface area contributed by atoms with E-state index in [0.717, 1.165) is 0 Å². The summed E-state index contributed by atoms with van der Waals surface area (Å²) in [6.07, 6.45) is 0.733. The molecule has 0 amide bonds. The van der Waals surface area contributed by atoms with E-state index in [1.54, 1.807) is 6.92 Å². The van der Waals surface area contributed by atoms with Gasteiger partial charge < -0.3 is 14.9 Å². The maximum atomic E-state index is 11.0. The van der Waals surface area contributed by atoms with Gasteiger partial charge in [0.1, 0.15) is 0 Å². The molecule has 0 saturated carbocycles. The van der Waals surface area contributed by atoms with Gasteiger partial charge >= 0.3 is 5.97 Å². The minimum absolute atomic E-state index is 0.0563. The first kappa shape index (κ1) is 12.3. The van der Waals surface area contributed by atoms with Gasteiger partial charge in [0.05, 0.1) is 0 Å². The Kier molecular flexibility index (Phi) is 5.61. The van der Waals surface area contributed by atoms with E-state index in [2.05, 4.69) is 5.32 Å². The molecule has 0 aliphatic rings. The fourth-order valence-electron chi connectivity index (χ4n) is 0.763. The first-order valence-corrected chi connectivity index (χ1v) is 4.32. The number of aliphatic hydroxyl groups is 2. The van der Waals surface area contributed by atoms with Crippen molar-refractivity contribution in [2.45, 2.75) is 32.1 Å². The predicted octanol–water partition coefficient (Wildman–Crippen LogP) is -0.422. The maximum Gasteiger partial charge on any atom is 0.309 e. The highest BCUT2D eigenvalue weighted by Crippen LogP contribution is 2.08. The average Bonchev–Trinajstić information content (AvgIpc) is 2.14. The summed E-state index contributed by atoms with van der Waals surface area (Å²) < 4.78 is 4.73. The smallest absolute Gasteiger partial charge is 0.309 e. The lowest BCUT2D eigenvalue weighted by Gasteiger charge is -2.25. The number of aliphatic hydroxyl groups excluding tert-OH is 1. The standard InChI is InChI=1S/C8H17NO4/c1-3-8(12,9-2)13-7(11)5-4-6-10/h9-10,12H,3-6H2,1-2H3. The molecular formula is C8H17NO4. The molecule has 0 aliphatic heterocycles. The number of esters is 1. The van der Waals surface area contributed by atoms with Crippen LogP contribution in [0.15, 0.2) is 0 Å². The van der Waals surface area contributed by atoms with Gasteiger partial charge in [-0.15, -0.1) is 0 Å². The summed E-state index contributed by atoms with van der Waals surface area (Å²) in [5, 5.41) is 20.4. The van der Waals surface area contributed by atoms with Crippen LogP contribution in [-0.2, 0) is 9.53 Å². The van der Waals surface area contributed by atoms with Crippen LogP contribution in [0.2, 0.25) is 0 Å². The number of ether oxygens (including phenoxy) is 1. The van der Waals surface area contributed by atoms with Gasteiger partial charge in [-0.1, -0.05) is 6.92 Å². The summed E-state index contributed by atoms with van der Waals surface area (Å²) in [6, 6.07) is 0. The molecule has 1 unspecified atom stereocenters. The lowest BCUT2D eigenvalue weighted by atomic mass is 10.3. The van der Waals surface area contributed by atoms with E-state index in [9.17, 15) is 9.90 Å². The lowest BCUT2D eigenvalue weighted by molar-refractivity contribution is -0.222. The zero-order valence-electron chi connectivity index (χ0n) is 8.04. The third-order valence-electron chi connectivity index (χ3n) is 1.69. The Morgan fingerprint density at radius 2 is 2.23 bits per heavy atom. The van der Waals surface area contributed by atoms with Gasteiger partial charge in [-0.3, -0.25) is 10.1 Å². The largest absolute Gasteiger partial charge is 0.419 e. The molecule has 1 atom stereocenters. The van der Waals surface area contributed by atoms with Crippen molar-refractivity contribution in [3.8, 4) is 0 Å². The van der Waals surface area contributed by atoms with Crippen LogP contribution in [0.3, 0.4) is 0 Å². The number of carbonyl (C=O) groups is 1. The van der Waals surface area contributed by atoms with Crippen molar-refractivity contribution < 1.29 is 19.7 Å². The number of nitrogens with one attached hydrogen (secondary N) is 1. The molecule has 0 bridgehead atoms. The average molecular weight is 191 g/mol. The van der Waals surface area contributed by atoms with Crippen molar-refractivity contribution in [1.29, 1.82) is 0 Å². The molecule has 3 N–H and O–H groups in total. The van der Waals surface area contributed by atoms with Gasteiger partial charge in [0.15, 0.2) is 0 Å². The molecule has 0 aromatic rings. The monoisotopic (exact) mass is 191 g/mol. The summed E-state index contributed by atoms with van der Waals surface area (Å²) in [4.78, 5) is 11.0. The van der Waals surface area contributed by atoms with Crippen molar-refractivity contribution >= 4 is 5.97 Å². The molecule has 13 heavy (non-hydrogen) atoms. The van der Waals surface area contributed by atoms with E-state index < -0.39 is 11.9 Å². The number of hydrogen-bond donors (Lipinski definition) is 3. The molecule has 0 rings (SSSR count). The molecule has 5 nitrogen and oxygen atoms in total. The Labute approximate surface area is 77.7 Å². The zero-order valence-corrected chi connectivity index (χ0v) is 8.04. The van der Waals surface area contributed by atoms with E-state index in [1.807, 2.05) is 0 Å². The molecule has 0 spiro atoms. The van der Waals surface area contributed by atoms with Gasteiger partial charge in [0.25, 0.3) is 5.91 Å². The summed E-state index contributed by atoms with van der Waals surface area (Å²) in [5.74, 6) is -2.10. The topological polar surface area (TPSA) is 78.8 Å². The van der Waals surface area contributed by atoms with Crippen LogP contribution in [0.1, 0.15) is 26.2 Å². The minimum atomic E-state index is -1.58. The highest BCUT2D eigenvalue weighted by Gasteiger charge is 2.26. The third kappa shape index (κ3) is 4.82. The van der Waals surface area contributed by atoms with E-state index in [1.165, 1.54) is 7.05 Å². The summed E-state index contributed by atoms with van der Waals surface area (Å²) >= 11 is 0. The summed E-state index contributed by atoms with van der Waals surface area (Å²) in [5.41, 5.74) is 0. The molecule has 78 valence electrons. The van der Waals surface area contributed by atoms with E-state index in [4.69, 9.17) is 9.84 Å². The van der Waals surface area contributed by atoms with Crippen molar-refractivity contribution in [3.05, 3.63) is 0 Å². The fourth-order valence-corrected chi connectivity index (χ4v) is 0.763. The highest BCUT2D eigenvalue weighted by molar-refractivity contribution is 5.69. The van der Waals surface area contributed by atoms with Crippen LogP contribution >= 0.6 is 0 Å². The van der Waals surface area contributed by atoms with Gasteiger partial charge in [-0.2, -0.15) is 0 Å². The van der Waals surface area contributed by atoms with Gasteiger partial charge in [0.2, 0.25) is 0 Å². The first-order valence-electron chi connectivity index (χ1n) is 4.32. The van der Waals surface area contributed by atoms with Crippen molar-refractivity contribution in [2.24, 2.45) is 0 Å². The Morgan fingerprint density at radius 1 is 1.62 bits per heavy atom. The Hall–Kier alpha value is -0.650. The Balaban J connectivity index is 3.87. The molecule has 0 aromatic heterocycles. The fraction of sp³-hybridized carbons (Fsp3) is 0.875. The van der Waals surface area contributed by atoms with Crippen LogP contribution in [0.5, 0.6) is 0 Å². The normalized spacial score (nSPS) is 15.1. The second kappa shape index (κ2) is 5.90. The molecule has 0 fully saturated rings. The molecular weight excluding hydrogens is 174 g/mol. The molecule has 0 saturated heterocycles. The SMILES string of the molecule is CCC(O)(NC)OC(=O)CCCO. The zero-order chi connectivity index (χ0) is 10.3. The van der Waals surface area contributed by atoms with Gasteiger partial charge in [0, 0.05) is 19.4 Å². The lowest BCUT2D eigenvalue weighted by Crippen LogP contribution is -2.46. The van der Waals surface area contributed by atoms with E-state index in [0.29, 0.717) is 6.42 Å². The van der Waals surface area contributed by atoms with E-state index in [-0.39, 0.29) is 19.4 Å². The van der Waals surface area contributed by atoms with Crippen LogP contribution in [-0.4, -0.2) is 35.7 Å². The molecule has 0 aliphatic carbocycles. The van der Waals surface area contributed by atoms with Crippen LogP contribution < -0.4 is 5.32 Å². The number of carbonyl (C=O) groups excluding carboxylic acids is 1. The molecule has 0 heterocycles. The highest BCUT2D eigenvalue weighted by atomic mass is 16.7. The van der Waals surface area contributed by atoms with Crippen LogP contribution in [0.25, 0.3) is 0 Å². The van der Waals surface area contributed by atoms with E-state index >= 15 is 0 Å². The first-order chi connectivity index (χ1) is 6.08. The summed E-state index contributed by atoms with van der Waals surface area (Å²) in [7, 11) is 1.50. The van der Waals surface area contributed by atoms with Gasteiger partial charge in [-0.25, -0.2) is 0 Å². The molecule has 5 heteroatoms. The van der Waals surface area contributed by atoms with Crippen molar-refractivity contribution in [2.75, 3.05) is 13.7 Å². The Bertz CT molecular complexity index is 156. The predicted molar refractivity (Wildman–Crippen MR) is 46.7 cm³/mol. The Morgan fingerprint density at radius 3 is 2.62 bits per heavy atom. The van der Waals surface area contributed by atoms with Crippen LogP contribution in [0, 0.1) is 0 Å². The number of hydrogen-bond acceptors (Lipinski definition) is 5. The van der Waals surface area contributed by atoms with Crippen LogP contribution in [0.4, 0.5) is 0 Å². The van der Waals surface area contributed by atoms with Crippen molar-refractivity contribution in [3.63, 3.8) is 0 Å². The minimum Gasteiger partial charge on any atom is -0.419 e. The quantitative estimate of drug-likeness (QED) is 0.392. The summed E-state index contributed by atoms with van der Waals surface area (Å²) in [6.45, 7) is 1.63. The van der Waals surface area contributed by atoms with Crippen molar-refractivity contribution in [1.82, 2.24) is 5.32 Å². The molecule has 0 aromatic carbocycles. The third-order valence-corrected chi connectivity index (χ3v) is 1.69. The second-order valence-electron chi connectivity index (χ2n) is 2.69. The second-order valence-corrected chi connectivity index (χ2v) is 2.69.